The van der Waals surface area contributed by atoms with Crippen LogP contribution < -0.4 is 5.32 Å². The Kier molecular flexibility index (Phi) is 4.05. The van der Waals surface area contributed by atoms with Crippen LogP contribution in [0.1, 0.15) is 51.4 Å². The van der Waals surface area contributed by atoms with Crippen molar-refractivity contribution in [1.29, 1.82) is 0 Å². The molecule has 1 N–H and O–H groups in total. The van der Waals surface area contributed by atoms with Crippen molar-refractivity contribution in [2.75, 3.05) is 6.54 Å². The first-order valence-electron chi connectivity index (χ1n) is 6.33. The molecular weight excluding hydrogens is 170 g/mol. The van der Waals surface area contributed by atoms with Crippen LogP contribution >= 0.6 is 0 Å². The van der Waals surface area contributed by atoms with Gasteiger partial charge in [0.05, 0.1) is 0 Å². The minimum Gasteiger partial charge on any atom is -0.313 e. The summed E-state index contributed by atoms with van der Waals surface area (Å²) < 4.78 is 0. The molecule has 2 rings (SSSR count). The first-order chi connectivity index (χ1) is 6.95. The molecule has 2 aliphatic rings. The first kappa shape index (κ1) is 10.2. The Hall–Kier alpha value is -0.300. The first-order valence-corrected chi connectivity index (χ1v) is 6.33. The third-order valence-electron chi connectivity index (χ3n) is 3.72. The highest BCUT2D eigenvalue weighted by Crippen LogP contribution is 2.25. The van der Waals surface area contributed by atoms with Crippen LogP contribution in [-0.4, -0.2) is 12.6 Å². The van der Waals surface area contributed by atoms with E-state index < -0.39 is 0 Å². The van der Waals surface area contributed by atoms with Gasteiger partial charge in [-0.15, -0.1) is 0 Å². The monoisotopic (exact) mass is 193 g/mol. The molecule has 14 heavy (non-hydrogen) atoms. The van der Waals surface area contributed by atoms with Crippen LogP contribution in [0.2, 0.25) is 0 Å². The van der Waals surface area contributed by atoms with Crippen molar-refractivity contribution in [2.24, 2.45) is 5.92 Å². The summed E-state index contributed by atoms with van der Waals surface area (Å²) in [5.41, 5.74) is 0. The molecule has 0 aromatic heterocycles. The molecule has 2 aliphatic carbocycles. The Morgan fingerprint density at radius 2 is 1.71 bits per heavy atom. The van der Waals surface area contributed by atoms with Crippen molar-refractivity contribution in [3.63, 3.8) is 0 Å². The lowest BCUT2D eigenvalue weighted by molar-refractivity contribution is 0.328. The van der Waals surface area contributed by atoms with E-state index in [2.05, 4.69) is 17.5 Å². The van der Waals surface area contributed by atoms with Crippen LogP contribution in [-0.2, 0) is 0 Å². The predicted molar refractivity (Wildman–Crippen MR) is 61.4 cm³/mol. The van der Waals surface area contributed by atoms with E-state index in [-0.39, 0.29) is 0 Å². The molecule has 80 valence electrons. The molecule has 1 saturated carbocycles. The molecule has 0 atom stereocenters. The van der Waals surface area contributed by atoms with Crippen LogP contribution in [0.3, 0.4) is 0 Å². The summed E-state index contributed by atoms with van der Waals surface area (Å²) in [6.45, 7) is 1.25. The summed E-state index contributed by atoms with van der Waals surface area (Å²) in [5, 5.41) is 3.67. The highest BCUT2D eigenvalue weighted by molar-refractivity contribution is 4.97. The Morgan fingerprint density at radius 3 is 2.43 bits per heavy atom. The van der Waals surface area contributed by atoms with Gasteiger partial charge in [0.1, 0.15) is 0 Å². The predicted octanol–water partition coefficient (Wildman–Crippen LogP) is 3.27. The Labute approximate surface area is 88.0 Å². The summed E-state index contributed by atoms with van der Waals surface area (Å²) in [6, 6.07) is 0.763. The number of hydrogen-bond acceptors (Lipinski definition) is 1. The molecule has 0 spiro atoms. The topological polar surface area (TPSA) is 12.0 Å². The van der Waals surface area contributed by atoms with Crippen LogP contribution in [0.25, 0.3) is 0 Å². The maximum Gasteiger partial charge on any atom is 0.0136 e. The molecule has 0 aromatic rings. The Balaban J connectivity index is 1.53. The van der Waals surface area contributed by atoms with E-state index in [0.717, 1.165) is 12.0 Å². The van der Waals surface area contributed by atoms with Gasteiger partial charge in [-0.05, 0) is 31.7 Å². The molecule has 0 amide bonds. The molecule has 0 unspecified atom stereocenters. The summed E-state index contributed by atoms with van der Waals surface area (Å²) in [4.78, 5) is 0. The smallest absolute Gasteiger partial charge is 0.0136 e. The number of rotatable bonds is 4. The quantitative estimate of drug-likeness (QED) is 0.676. The van der Waals surface area contributed by atoms with Crippen molar-refractivity contribution < 1.29 is 0 Å². The lowest BCUT2D eigenvalue weighted by atomic mass is 9.87. The second-order valence-corrected chi connectivity index (χ2v) is 4.89. The molecule has 1 nitrogen and oxygen atoms in total. The van der Waals surface area contributed by atoms with Crippen LogP contribution in [0.5, 0.6) is 0 Å². The van der Waals surface area contributed by atoms with Crippen molar-refractivity contribution in [1.82, 2.24) is 5.32 Å². The lowest BCUT2D eigenvalue weighted by Gasteiger charge is -2.22. The number of hydrogen-bond donors (Lipinski definition) is 1. The summed E-state index contributed by atoms with van der Waals surface area (Å²) in [7, 11) is 0. The molecular formula is C13H23N. The van der Waals surface area contributed by atoms with E-state index in [1.54, 1.807) is 0 Å². The van der Waals surface area contributed by atoms with E-state index in [4.69, 9.17) is 0 Å². The van der Waals surface area contributed by atoms with Crippen molar-refractivity contribution in [3.8, 4) is 0 Å². The standard InChI is InChI=1S/C13H23N/c1-2-6-12(7-3-1)10-11-14-13-8-4-5-9-13/h4-5,12-14H,1-3,6-11H2. The van der Waals surface area contributed by atoms with Gasteiger partial charge >= 0.3 is 0 Å². The fraction of sp³-hybridized carbons (Fsp3) is 0.846. The molecule has 0 saturated heterocycles. The highest BCUT2D eigenvalue weighted by Gasteiger charge is 2.14. The Morgan fingerprint density at radius 1 is 1.00 bits per heavy atom. The maximum atomic E-state index is 3.67. The van der Waals surface area contributed by atoms with Crippen LogP contribution in [0.4, 0.5) is 0 Å². The van der Waals surface area contributed by atoms with Crippen molar-refractivity contribution in [2.45, 2.75) is 57.4 Å². The highest BCUT2D eigenvalue weighted by atomic mass is 14.9. The van der Waals surface area contributed by atoms with Gasteiger partial charge in [0.2, 0.25) is 0 Å². The van der Waals surface area contributed by atoms with Crippen LogP contribution in [0.15, 0.2) is 12.2 Å². The van der Waals surface area contributed by atoms with E-state index in [1.165, 1.54) is 57.9 Å². The molecule has 0 radical (unpaired) electrons. The third kappa shape index (κ3) is 3.13. The molecule has 1 heteroatoms. The Bertz CT molecular complexity index is 172. The van der Waals surface area contributed by atoms with Crippen molar-refractivity contribution >= 4 is 0 Å². The molecule has 0 bridgehead atoms. The van der Waals surface area contributed by atoms with Gasteiger partial charge in [-0.1, -0.05) is 44.3 Å². The van der Waals surface area contributed by atoms with Crippen LogP contribution in [0, 0.1) is 5.92 Å². The molecule has 0 aromatic carbocycles. The van der Waals surface area contributed by atoms with Gasteiger partial charge in [-0.25, -0.2) is 0 Å². The average molecular weight is 193 g/mol. The fourth-order valence-electron chi connectivity index (χ4n) is 2.75. The summed E-state index contributed by atoms with van der Waals surface area (Å²) >= 11 is 0. The van der Waals surface area contributed by atoms with Gasteiger partial charge in [0.25, 0.3) is 0 Å². The van der Waals surface area contributed by atoms with E-state index in [0.29, 0.717) is 0 Å². The second kappa shape index (κ2) is 5.55. The minimum absolute atomic E-state index is 0.763. The van der Waals surface area contributed by atoms with Gasteiger partial charge in [0.15, 0.2) is 0 Å². The average Bonchev–Trinajstić information content (AvgIpc) is 2.72. The summed E-state index contributed by atoms with van der Waals surface area (Å²) in [5.74, 6) is 1.03. The van der Waals surface area contributed by atoms with Gasteiger partial charge in [-0.3, -0.25) is 0 Å². The fourth-order valence-corrected chi connectivity index (χ4v) is 2.75. The zero-order chi connectivity index (χ0) is 9.64. The second-order valence-electron chi connectivity index (χ2n) is 4.89. The molecule has 0 aliphatic heterocycles. The molecule has 0 heterocycles. The lowest BCUT2D eigenvalue weighted by Crippen LogP contribution is -2.28. The maximum absolute atomic E-state index is 3.67. The van der Waals surface area contributed by atoms with E-state index in [1.807, 2.05) is 0 Å². The van der Waals surface area contributed by atoms with Gasteiger partial charge < -0.3 is 5.32 Å². The van der Waals surface area contributed by atoms with Gasteiger partial charge in [0, 0.05) is 6.04 Å². The van der Waals surface area contributed by atoms with Gasteiger partial charge in [-0.2, -0.15) is 0 Å². The summed E-state index contributed by atoms with van der Waals surface area (Å²) in [6.07, 6.45) is 16.0. The van der Waals surface area contributed by atoms with Crippen molar-refractivity contribution in [3.05, 3.63) is 12.2 Å². The molecule has 1 fully saturated rings. The zero-order valence-electron chi connectivity index (χ0n) is 9.17. The third-order valence-corrected chi connectivity index (χ3v) is 3.72. The zero-order valence-corrected chi connectivity index (χ0v) is 9.17. The SMILES string of the molecule is C1=CCC(NCCC2CCCCC2)C1. The largest absolute Gasteiger partial charge is 0.313 e. The van der Waals surface area contributed by atoms with E-state index in [9.17, 15) is 0 Å². The number of nitrogens with one attached hydrogen (secondary N) is 1. The minimum atomic E-state index is 0.763. The normalized spacial score (nSPS) is 24.6. The van der Waals surface area contributed by atoms with E-state index >= 15 is 0 Å².